The molecule has 0 amide bonds. The Morgan fingerprint density at radius 2 is 1.87 bits per heavy atom. The lowest BCUT2D eigenvalue weighted by atomic mass is 10.0. The number of tetrazole rings is 1. The molecule has 0 saturated carbocycles. The first-order chi connectivity index (χ1) is 15.2. The Labute approximate surface area is 181 Å². The minimum atomic E-state index is 0.0735. The van der Waals surface area contributed by atoms with Crippen LogP contribution in [0.1, 0.15) is 44.4 Å². The summed E-state index contributed by atoms with van der Waals surface area (Å²) in [5.41, 5.74) is 5.13. The lowest BCUT2D eigenvalue weighted by Gasteiger charge is -2.10. The van der Waals surface area contributed by atoms with Crippen LogP contribution in [0.5, 0.6) is 0 Å². The topological polar surface area (TPSA) is 94.3 Å². The monoisotopic (exact) mass is 417 g/mol. The van der Waals surface area contributed by atoms with E-state index in [2.05, 4.69) is 63.7 Å². The van der Waals surface area contributed by atoms with Gasteiger partial charge >= 0.3 is 5.69 Å². The fraction of sp³-hybridized carbons (Fsp3) is 0.348. The van der Waals surface area contributed by atoms with Gasteiger partial charge in [-0.15, -0.1) is 5.10 Å². The first-order valence-electron chi connectivity index (χ1n) is 10.8. The molecule has 0 aliphatic heterocycles. The fourth-order valence-corrected chi connectivity index (χ4v) is 3.79. The van der Waals surface area contributed by atoms with Gasteiger partial charge in [-0.1, -0.05) is 44.5 Å². The summed E-state index contributed by atoms with van der Waals surface area (Å²) in [7, 11) is 0. The van der Waals surface area contributed by atoms with Crippen LogP contribution in [0, 0.1) is 0 Å². The molecule has 4 aromatic rings. The summed E-state index contributed by atoms with van der Waals surface area (Å²) in [5.74, 6) is 0.603. The van der Waals surface area contributed by atoms with Gasteiger partial charge in [0.05, 0.1) is 6.54 Å². The smallest absolute Gasteiger partial charge is 0.299 e. The van der Waals surface area contributed by atoms with Gasteiger partial charge in [0.15, 0.2) is 5.82 Å². The number of H-pyrrole nitrogens is 1. The predicted molar refractivity (Wildman–Crippen MR) is 120 cm³/mol. The highest BCUT2D eigenvalue weighted by Gasteiger charge is 2.13. The van der Waals surface area contributed by atoms with Gasteiger partial charge in [-0.3, -0.25) is 14.1 Å². The van der Waals surface area contributed by atoms with E-state index in [1.54, 1.807) is 6.20 Å². The maximum Gasteiger partial charge on any atom is 0.328 e. The summed E-state index contributed by atoms with van der Waals surface area (Å²) >= 11 is 0. The van der Waals surface area contributed by atoms with E-state index in [4.69, 9.17) is 0 Å². The van der Waals surface area contributed by atoms with Crippen LogP contribution in [0.15, 0.2) is 53.7 Å². The van der Waals surface area contributed by atoms with Gasteiger partial charge in [0.25, 0.3) is 0 Å². The van der Waals surface area contributed by atoms with Crippen LogP contribution < -0.4 is 5.69 Å². The van der Waals surface area contributed by atoms with Gasteiger partial charge < -0.3 is 0 Å². The minimum absolute atomic E-state index is 0.0735. The van der Waals surface area contributed by atoms with E-state index in [0.29, 0.717) is 12.4 Å². The van der Waals surface area contributed by atoms with E-state index < -0.39 is 0 Å². The summed E-state index contributed by atoms with van der Waals surface area (Å²) in [5, 5.41) is 14.2. The standard InChI is InChI=1S/C23H27N7O/c1-3-5-6-19-16-29(13-4-2)23(31)30(19)15-17-7-9-18(10-8-17)21-14-24-12-11-20(21)22-25-27-28-26-22/h7-12,14,16H,3-6,13,15H2,1-2H3,(H,25,26,27,28). The van der Waals surface area contributed by atoms with Crippen LogP contribution in [-0.4, -0.2) is 34.7 Å². The van der Waals surface area contributed by atoms with Crippen LogP contribution in [0.25, 0.3) is 22.5 Å². The molecule has 8 nitrogen and oxygen atoms in total. The predicted octanol–water partition coefficient (Wildman–Crippen LogP) is 3.69. The van der Waals surface area contributed by atoms with Crippen molar-refractivity contribution in [3.05, 3.63) is 70.7 Å². The van der Waals surface area contributed by atoms with Gasteiger partial charge in [0, 0.05) is 42.0 Å². The maximum absolute atomic E-state index is 12.9. The number of pyridine rings is 1. The molecule has 4 rings (SSSR count). The van der Waals surface area contributed by atoms with Crippen molar-refractivity contribution in [2.75, 3.05) is 0 Å². The van der Waals surface area contributed by atoms with Gasteiger partial charge in [0.1, 0.15) is 0 Å². The quantitative estimate of drug-likeness (QED) is 0.448. The third kappa shape index (κ3) is 4.47. The Morgan fingerprint density at radius 3 is 2.58 bits per heavy atom. The average Bonchev–Trinajstić information content (AvgIpc) is 3.43. The number of imidazole rings is 1. The first-order valence-corrected chi connectivity index (χ1v) is 10.8. The third-order valence-corrected chi connectivity index (χ3v) is 5.41. The Balaban J connectivity index is 1.62. The zero-order chi connectivity index (χ0) is 21.6. The third-order valence-electron chi connectivity index (χ3n) is 5.41. The molecule has 0 saturated heterocycles. The Hall–Kier alpha value is -3.55. The maximum atomic E-state index is 12.9. The molecule has 0 unspecified atom stereocenters. The number of hydrogen-bond donors (Lipinski definition) is 1. The molecule has 1 N–H and O–H groups in total. The highest BCUT2D eigenvalue weighted by atomic mass is 16.1. The molecule has 0 atom stereocenters. The van der Waals surface area contributed by atoms with E-state index in [1.807, 2.05) is 27.6 Å². The molecule has 3 aromatic heterocycles. The van der Waals surface area contributed by atoms with Crippen molar-refractivity contribution in [3.8, 4) is 22.5 Å². The second-order valence-electron chi connectivity index (χ2n) is 7.65. The molecule has 0 bridgehead atoms. The second kappa shape index (κ2) is 9.51. The minimum Gasteiger partial charge on any atom is -0.299 e. The lowest BCUT2D eigenvalue weighted by Crippen LogP contribution is -2.25. The van der Waals surface area contributed by atoms with Gasteiger partial charge in [-0.2, -0.15) is 0 Å². The van der Waals surface area contributed by atoms with Crippen molar-refractivity contribution in [2.45, 2.75) is 52.6 Å². The van der Waals surface area contributed by atoms with E-state index >= 15 is 0 Å². The number of nitrogens with one attached hydrogen (secondary N) is 1. The molecule has 0 spiro atoms. The summed E-state index contributed by atoms with van der Waals surface area (Å²) in [6.45, 7) is 5.59. The SMILES string of the molecule is CCCCc1cn(CCC)c(=O)n1Cc1ccc(-c2cnccc2-c2nnn[nH]2)cc1. The van der Waals surface area contributed by atoms with E-state index in [-0.39, 0.29) is 5.69 Å². The van der Waals surface area contributed by atoms with Gasteiger partial charge in [0.2, 0.25) is 0 Å². The lowest BCUT2D eigenvalue weighted by molar-refractivity contribution is 0.617. The first kappa shape index (κ1) is 20.7. The van der Waals surface area contributed by atoms with Crippen molar-refractivity contribution in [2.24, 2.45) is 0 Å². The Bertz CT molecular complexity index is 1170. The Kier molecular flexibility index (Phi) is 6.35. The molecule has 1 aromatic carbocycles. The number of unbranched alkanes of at least 4 members (excludes halogenated alkanes) is 1. The number of aryl methyl sites for hydroxylation is 2. The molecule has 3 heterocycles. The molecular formula is C23H27N7O. The number of nitrogens with zero attached hydrogens (tertiary/aromatic N) is 6. The second-order valence-corrected chi connectivity index (χ2v) is 7.65. The van der Waals surface area contributed by atoms with Crippen LogP contribution >= 0.6 is 0 Å². The van der Waals surface area contributed by atoms with Crippen LogP contribution in [0.2, 0.25) is 0 Å². The number of hydrogen-bond acceptors (Lipinski definition) is 5. The van der Waals surface area contributed by atoms with Crippen molar-refractivity contribution >= 4 is 0 Å². The summed E-state index contributed by atoms with van der Waals surface area (Å²) in [6.07, 6.45) is 9.62. The molecule has 0 aliphatic carbocycles. The van der Waals surface area contributed by atoms with Crippen molar-refractivity contribution in [1.29, 1.82) is 0 Å². The summed E-state index contributed by atoms with van der Waals surface area (Å²) in [4.78, 5) is 17.2. The molecule has 0 aliphatic rings. The number of rotatable bonds is 9. The highest BCUT2D eigenvalue weighted by molar-refractivity contribution is 5.79. The molecule has 0 radical (unpaired) electrons. The Morgan fingerprint density at radius 1 is 1.03 bits per heavy atom. The van der Waals surface area contributed by atoms with Crippen LogP contribution in [0.4, 0.5) is 0 Å². The number of aromatic amines is 1. The van der Waals surface area contributed by atoms with E-state index in [1.165, 1.54) is 0 Å². The average molecular weight is 418 g/mol. The van der Waals surface area contributed by atoms with Crippen molar-refractivity contribution in [1.82, 2.24) is 34.7 Å². The van der Waals surface area contributed by atoms with E-state index in [0.717, 1.165) is 60.2 Å². The van der Waals surface area contributed by atoms with Crippen LogP contribution in [-0.2, 0) is 19.5 Å². The van der Waals surface area contributed by atoms with Gasteiger partial charge in [-0.05, 0) is 46.9 Å². The summed E-state index contributed by atoms with van der Waals surface area (Å²) in [6, 6.07) is 10.1. The molecule has 160 valence electrons. The fourth-order valence-electron chi connectivity index (χ4n) is 3.79. The number of aromatic nitrogens is 7. The largest absolute Gasteiger partial charge is 0.328 e. The summed E-state index contributed by atoms with van der Waals surface area (Å²) < 4.78 is 3.75. The van der Waals surface area contributed by atoms with Gasteiger partial charge in [-0.25, -0.2) is 9.89 Å². The molecular weight excluding hydrogens is 390 g/mol. The molecule has 31 heavy (non-hydrogen) atoms. The van der Waals surface area contributed by atoms with Crippen molar-refractivity contribution < 1.29 is 0 Å². The normalized spacial score (nSPS) is 11.2. The van der Waals surface area contributed by atoms with Crippen molar-refractivity contribution in [3.63, 3.8) is 0 Å². The van der Waals surface area contributed by atoms with Crippen LogP contribution in [0.3, 0.4) is 0 Å². The molecule has 0 fully saturated rings. The zero-order valence-corrected chi connectivity index (χ0v) is 18.0. The highest BCUT2D eigenvalue weighted by Crippen LogP contribution is 2.29. The van der Waals surface area contributed by atoms with E-state index in [9.17, 15) is 4.79 Å². The molecule has 8 heteroatoms. The number of benzene rings is 1. The zero-order valence-electron chi connectivity index (χ0n) is 18.0.